The third-order valence-corrected chi connectivity index (χ3v) is 5.67. The number of anilines is 1. The van der Waals surface area contributed by atoms with Crippen molar-refractivity contribution in [2.45, 2.75) is 13.0 Å². The largest absolute Gasteiger partial charge is 0.379 e. The summed E-state index contributed by atoms with van der Waals surface area (Å²) in [6.07, 6.45) is 3.58. The van der Waals surface area contributed by atoms with Gasteiger partial charge >= 0.3 is 0 Å². The van der Waals surface area contributed by atoms with Crippen LogP contribution in [0.1, 0.15) is 11.3 Å². The summed E-state index contributed by atoms with van der Waals surface area (Å²) in [5.74, 6) is 0.195. The van der Waals surface area contributed by atoms with E-state index in [4.69, 9.17) is 4.74 Å². The Labute approximate surface area is 145 Å². The van der Waals surface area contributed by atoms with Crippen molar-refractivity contribution in [3.05, 3.63) is 40.6 Å². The molecule has 128 valence electrons. The number of likely N-dealkylation sites (tertiary alicyclic amines) is 1. The monoisotopic (exact) mass is 348 g/mol. The molecule has 2 aliphatic rings. The van der Waals surface area contributed by atoms with E-state index in [-0.39, 0.29) is 5.41 Å². The Morgan fingerprint density at radius 3 is 2.92 bits per heavy atom. The first-order chi connectivity index (χ1) is 11.7. The van der Waals surface area contributed by atoms with Crippen molar-refractivity contribution in [1.82, 2.24) is 14.9 Å². The summed E-state index contributed by atoms with van der Waals surface area (Å²) in [7, 11) is 0. The second-order valence-corrected chi connectivity index (χ2v) is 7.75. The number of aromatic nitrogens is 2. The molecule has 4 rings (SSSR count). The van der Waals surface area contributed by atoms with Crippen molar-refractivity contribution in [2.75, 3.05) is 44.3 Å². The summed E-state index contributed by atoms with van der Waals surface area (Å²) in [5, 5.41) is 2.13. The fourth-order valence-electron chi connectivity index (χ4n) is 3.66. The average molecular weight is 348 g/mol. The van der Waals surface area contributed by atoms with Crippen LogP contribution >= 0.6 is 11.3 Å². The lowest BCUT2D eigenvalue weighted by Gasteiger charge is -2.31. The quantitative estimate of drug-likeness (QED) is 0.852. The molecule has 2 saturated heterocycles. The van der Waals surface area contributed by atoms with Crippen molar-refractivity contribution in [3.8, 4) is 0 Å². The topological polar surface area (TPSA) is 41.5 Å². The third-order valence-electron chi connectivity index (χ3n) is 4.81. The highest BCUT2D eigenvalue weighted by Crippen LogP contribution is 2.35. The van der Waals surface area contributed by atoms with Gasteiger partial charge in [0.15, 0.2) is 5.82 Å². The molecule has 2 fully saturated rings. The number of ether oxygens (including phenoxy) is 1. The number of hydrogen-bond donors (Lipinski definition) is 0. The normalized spacial score (nSPS) is 25.3. The maximum Gasteiger partial charge on any atom is 0.225 e. The van der Waals surface area contributed by atoms with Crippen molar-refractivity contribution in [3.63, 3.8) is 0 Å². The van der Waals surface area contributed by atoms with Gasteiger partial charge in [-0.25, -0.2) is 14.4 Å². The van der Waals surface area contributed by atoms with Gasteiger partial charge in [0, 0.05) is 36.5 Å². The van der Waals surface area contributed by atoms with Crippen LogP contribution in [0.4, 0.5) is 10.3 Å². The lowest BCUT2D eigenvalue weighted by Crippen LogP contribution is -2.41. The van der Waals surface area contributed by atoms with E-state index in [1.165, 1.54) is 17.3 Å². The average Bonchev–Trinajstić information content (AvgIpc) is 3.17. The lowest BCUT2D eigenvalue weighted by molar-refractivity contribution is 0.0731. The van der Waals surface area contributed by atoms with Crippen LogP contribution in [0, 0.1) is 11.2 Å². The van der Waals surface area contributed by atoms with Crippen LogP contribution in [0.15, 0.2) is 29.9 Å². The first kappa shape index (κ1) is 15.9. The van der Waals surface area contributed by atoms with Gasteiger partial charge < -0.3 is 9.64 Å². The minimum Gasteiger partial charge on any atom is -0.379 e. The zero-order valence-corrected chi connectivity index (χ0v) is 14.3. The van der Waals surface area contributed by atoms with E-state index < -0.39 is 5.82 Å². The molecule has 5 nitrogen and oxygen atoms in total. The van der Waals surface area contributed by atoms with Crippen LogP contribution in [-0.4, -0.2) is 54.3 Å². The van der Waals surface area contributed by atoms with Crippen LogP contribution in [0.2, 0.25) is 0 Å². The molecule has 2 aromatic heterocycles. The summed E-state index contributed by atoms with van der Waals surface area (Å²) < 4.78 is 19.0. The van der Waals surface area contributed by atoms with E-state index in [1.54, 1.807) is 0 Å². The molecule has 0 radical (unpaired) electrons. The highest BCUT2D eigenvalue weighted by atomic mass is 32.1. The van der Waals surface area contributed by atoms with Gasteiger partial charge in [0.1, 0.15) is 0 Å². The molecular formula is C17H21FN4OS. The van der Waals surface area contributed by atoms with Gasteiger partial charge in [-0.3, -0.25) is 4.90 Å². The van der Waals surface area contributed by atoms with Crippen LogP contribution in [0.25, 0.3) is 0 Å². The molecule has 0 saturated carbocycles. The van der Waals surface area contributed by atoms with Crippen LogP contribution in [0.3, 0.4) is 0 Å². The maximum absolute atomic E-state index is 13.1. The molecule has 24 heavy (non-hydrogen) atoms. The summed E-state index contributed by atoms with van der Waals surface area (Å²) in [6.45, 7) is 6.14. The van der Waals surface area contributed by atoms with Crippen molar-refractivity contribution >= 4 is 17.3 Å². The summed E-state index contributed by atoms with van der Waals surface area (Å²) in [4.78, 5) is 14.3. The van der Waals surface area contributed by atoms with E-state index in [0.29, 0.717) is 12.6 Å². The zero-order valence-electron chi connectivity index (χ0n) is 13.5. The molecule has 0 amide bonds. The summed E-state index contributed by atoms with van der Waals surface area (Å²) in [6, 6.07) is 4.30. The van der Waals surface area contributed by atoms with Gasteiger partial charge in [-0.1, -0.05) is 6.07 Å². The molecule has 1 atom stereocenters. The Morgan fingerprint density at radius 1 is 1.25 bits per heavy atom. The Hall–Kier alpha value is -1.57. The molecule has 7 heteroatoms. The second kappa shape index (κ2) is 6.74. The maximum atomic E-state index is 13.1. The molecule has 1 spiro atoms. The first-order valence-electron chi connectivity index (χ1n) is 8.27. The molecule has 2 aliphatic heterocycles. The first-order valence-corrected chi connectivity index (χ1v) is 9.15. The Bertz CT molecular complexity index is 666. The minimum absolute atomic E-state index is 0.103. The highest BCUT2D eigenvalue weighted by Gasteiger charge is 2.41. The number of thiophene rings is 1. The Balaban J connectivity index is 1.47. The van der Waals surface area contributed by atoms with Crippen molar-refractivity contribution in [1.29, 1.82) is 0 Å². The SMILES string of the molecule is Fc1cnc(N2CCOC[C@@]3(CCN(Cc4cccs4)C3)C2)nc1. The minimum atomic E-state index is -0.400. The molecule has 0 N–H and O–H groups in total. The standard InChI is InChI=1S/C17H21FN4OS/c18-14-8-19-16(20-9-14)22-5-6-23-13-17(12-22)3-4-21(11-17)10-15-2-1-7-24-15/h1-2,7-9H,3-6,10-13H2/t17-/m1/s1. The van der Waals surface area contributed by atoms with Gasteiger partial charge in [0.2, 0.25) is 5.95 Å². The summed E-state index contributed by atoms with van der Waals surface area (Å²) in [5.41, 5.74) is 0.103. The molecule has 0 bridgehead atoms. The van der Waals surface area contributed by atoms with Crippen LogP contribution in [0.5, 0.6) is 0 Å². The van der Waals surface area contributed by atoms with Crippen LogP contribution in [-0.2, 0) is 11.3 Å². The smallest absolute Gasteiger partial charge is 0.225 e. The molecule has 0 aliphatic carbocycles. The lowest BCUT2D eigenvalue weighted by atomic mass is 9.87. The fraction of sp³-hybridized carbons (Fsp3) is 0.529. The fourth-order valence-corrected chi connectivity index (χ4v) is 4.41. The van der Waals surface area contributed by atoms with E-state index in [9.17, 15) is 4.39 Å². The molecule has 0 aromatic carbocycles. The number of rotatable bonds is 3. The molecular weight excluding hydrogens is 327 g/mol. The van der Waals surface area contributed by atoms with Gasteiger partial charge in [-0.2, -0.15) is 0 Å². The van der Waals surface area contributed by atoms with Gasteiger partial charge in [-0.05, 0) is 24.4 Å². The molecule has 0 unspecified atom stereocenters. The number of hydrogen-bond acceptors (Lipinski definition) is 6. The van der Waals surface area contributed by atoms with Crippen molar-refractivity contribution < 1.29 is 9.13 Å². The van der Waals surface area contributed by atoms with Crippen molar-refractivity contribution in [2.24, 2.45) is 5.41 Å². The molecule has 4 heterocycles. The van der Waals surface area contributed by atoms with Crippen LogP contribution < -0.4 is 4.90 Å². The zero-order chi connectivity index (χ0) is 16.4. The predicted molar refractivity (Wildman–Crippen MR) is 91.7 cm³/mol. The van der Waals surface area contributed by atoms with Gasteiger partial charge in [0.25, 0.3) is 0 Å². The van der Waals surface area contributed by atoms with Gasteiger partial charge in [-0.15, -0.1) is 11.3 Å². The highest BCUT2D eigenvalue weighted by molar-refractivity contribution is 7.09. The number of nitrogens with zero attached hydrogens (tertiary/aromatic N) is 4. The Morgan fingerprint density at radius 2 is 2.12 bits per heavy atom. The molecule has 2 aromatic rings. The van der Waals surface area contributed by atoms with E-state index in [0.717, 1.165) is 45.8 Å². The summed E-state index contributed by atoms with van der Waals surface area (Å²) >= 11 is 1.81. The predicted octanol–water partition coefficient (Wildman–Crippen LogP) is 2.41. The van der Waals surface area contributed by atoms with E-state index in [1.807, 2.05) is 11.3 Å². The van der Waals surface area contributed by atoms with E-state index in [2.05, 4.69) is 37.3 Å². The second-order valence-electron chi connectivity index (χ2n) is 6.72. The van der Waals surface area contributed by atoms with Gasteiger partial charge in [0.05, 0.1) is 25.6 Å². The Kier molecular flexibility index (Phi) is 4.47. The van der Waals surface area contributed by atoms with E-state index >= 15 is 0 Å². The number of halogens is 1. The third kappa shape index (κ3) is 3.43.